The van der Waals surface area contributed by atoms with Gasteiger partial charge in [0.1, 0.15) is 0 Å². The highest BCUT2D eigenvalue weighted by Gasteiger charge is 2.38. The Bertz CT molecular complexity index is 485. The highest BCUT2D eigenvalue weighted by molar-refractivity contribution is 6.17. The number of unbranched alkanes of at least 4 members (excludes halogenated alkanes) is 1. The van der Waals surface area contributed by atoms with Crippen LogP contribution in [-0.4, -0.2) is 35.6 Å². The molecule has 1 aliphatic rings. The first-order valence-corrected chi connectivity index (χ1v) is 8.49. The first kappa shape index (κ1) is 19.6. The van der Waals surface area contributed by atoms with Crippen LogP contribution in [0, 0.1) is 0 Å². The minimum Gasteiger partial charge on any atom is -0.461 e. The standard InChI is InChI=1S/C17H26ClNO4/c1-12(2)22-15(20)14-7-9-17(19-11-14,8-5-6-10-18)16(21)23-13(3)4/h7,9,11-13,19H,5-6,8,10H2,1-4H3. The van der Waals surface area contributed by atoms with E-state index in [4.69, 9.17) is 21.1 Å². The Kier molecular flexibility index (Phi) is 7.62. The highest BCUT2D eigenvalue weighted by atomic mass is 35.5. The van der Waals surface area contributed by atoms with Gasteiger partial charge in [0.15, 0.2) is 5.54 Å². The number of ether oxygens (including phenoxy) is 2. The summed E-state index contributed by atoms with van der Waals surface area (Å²) < 4.78 is 10.5. The Morgan fingerprint density at radius 3 is 2.30 bits per heavy atom. The van der Waals surface area contributed by atoms with E-state index in [-0.39, 0.29) is 18.2 Å². The number of carbonyl (C=O) groups excluding carboxylic acids is 2. The van der Waals surface area contributed by atoms with Gasteiger partial charge in [0.25, 0.3) is 0 Å². The van der Waals surface area contributed by atoms with Gasteiger partial charge in [0, 0.05) is 12.1 Å². The molecule has 0 spiro atoms. The Labute approximate surface area is 143 Å². The van der Waals surface area contributed by atoms with Gasteiger partial charge in [-0.1, -0.05) is 0 Å². The number of hydrogen-bond donors (Lipinski definition) is 1. The molecule has 0 aromatic carbocycles. The lowest BCUT2D eigenvalue weighted by Crippen LogP contribution is -2.51. The molecule has 6 heteroatoms. The zero-order valence-electron chi connectivity index (χ0n) is 14.2. The van der Waals surface area contributed by atoms with E-state index < -0.39 is 11.5 Å². The summed E-state index contributed by atoms with van der Waals surface area (Å²) in [6.45, 7) is 7.18. The summed E-state index contributed by atoms with van der Waals surface area (Å²) in [5.41, 5.74) is -0.582. The smallest absolute Gasteiger partial charge is 0.339 e. The molecule has 0 aliphatic carbocycles. The largest absolute Gasteiger partial charge is 0.461 e. The minimum atomic E-state index is -0.960. The van der Waals surface area contributed by atoms with Crippen molar-refractivity contribution in [2.24, 2.45) is 0 Å². The molecule has 1 aliphatic heterocycles. The maximum atomic E-state index is 12.5. The number of rotatable bonds is 8. The molecule has 0 radical (unpaired) electrons. The molecular weight excluding hydrogens is 318 g/mol. The molecule has 0 saturated heterocycles. The van der Waals surface area contributed by atoms with Crippen LogP contribution in [0.25, 0.3) is 0 Å². The number of dihydropyridines is 1. The molecule has 0 aromatic heterocycles. The normalized spacial score (nSPS) is 20.2. The lowest BCUT2D eigenvalue weighted by atomic mass is 9.89. The molecule has 0 saturated carbocycles. The van der Waals surface area contributed by atoms with Crippen LogP contribution in [0.4, 0.5) is 0 Å². The van der Waals surface area contributed by atoms with Crippen molar-refractivity contribution in [3.05, 3.63) is 23.9 Å². The molecule has 0 fully saturated rings. The number of hydrogen-bond acceptors (Lipinski definition) is 5. The van der Waals surface area contributed by atoms with Crippen molar-refractivity contribution in [3.63, 3.8) is 0 Å². The van der Waals surface area contributed by atoms with E-state index in [9.17, 15) is 9.59 Å². The molecule has 0 amide bonds. The van der Waals surface area contributed by atoms with Crippen molar-refractivity contribution in [1.82, 2.24) is 5.32 Å². The van der Waals surface area contributed by atoms with E-state index in [1.807, 2.05) is 0 Å². The summed E-state index contributed by atoms with van der Waals surface area (Å²) in [5.74, 6) is -0.234. The number of nitrogens with one attached hydrogen (secondary N) is 1. The van der Waals surface area contributed by atoms with Crippen LogP contribution >= 0.6 is 11.6 Å². The fourth-order valence-electron chi connectivity index (χ4n) is 2.15. The zero-order chi connectivity index (χ0) is 17.5. The van der Waals surface area contributed by atoms with E-state index in [1.165, 1.54) is 6.20 Å². The van der Waals surface area contributed by atoms with Gasteiger partial charge in [-0.2, -0.15) is 0 Å². The summed E-state index contributed by atoms with van der Waals surface area (Å²) in [5, 5.41) is 3.03. The molecular formula is C17H26ClNO4. The Hall–Kier alpha value is -1.49. The van der Waals surface area contributed by atoms with Gasteiger partial charge in [-0.3, -0.25) is 0 Å². The molecule has 1 N–H and O–H groups in total. The molecule has 1 rings (SSSR count). The van der Waals surface area contributed by atoms with Crippen LogP contribution in [0.2, 0.25) is 0 Å². The number of esters is 2. The van der Waals surface area contributed by atoms with E-state index in [1.54, 1.807) is 39.8 Å². The summed E-state index contributed by atoms with van der Waals surface area (Å²) in [4.78, 5) is 24.4. The Morgan fingerprint density at radius 2 is 1.83 bits per heavy atom. The second-order valence-corrected chi connectivity index (χ2v) is 6.48. The van der Waals surface area contributed by atoms with Gasteiger partial charge in [0.05, 0.1) is 17.8 Å². The predicted molar refractivity (Wildman–Crippen MR) is 90.1 cm³/mol. The van der Waals surface area contributed by atoms with Gasteiger partial charge in [-0.15, -0.1) is 11.6 Å². The van der Waals surface area contributed by atoms with Crippen molar-refractivity contribution < 1.29 is 19.1 Å². The predicted octanol–water partition coefficient (Wildman–Crippen LogP) is 3.08. The van der Waals surface area contributed by atoms with Crippen molar-refractivity contribution in [3.8, 4) is 0 Å². The molecule has 0 aromatic rings. The Morgan fingerprint density at radius 1 is 1.17 bits per heavy atom. The Balaban J connectivity index is 2.85. The van der Waals surface area contributed by atoms with Crippen molar-refractivity contribution in [2.75, 3.05) is 5.88 Å². The summed E-state index contributed by atoms with van der Waals surface area (Å²) in [6, 6.07) is 0. The van der Waals surface area contributed by atoms with Crippen LogP contribution in [0.5, 0.6) is 0 Å². The van der Waals surface area contributed by atoms with Gasteiger partial charge in [0.2, 0.25) is 0 Å². The molecule has 1 unspecified atom stereocenters. The van der Waals surface area contributed by atoms with E-state index in [2.05, 4.69) is 5.32 Å². The second-order valence-electron chi connectivity index (χ2n) is 6.10. The summed E-state index contributed by atoms with van der Waals surface area (Å²) in [7, 11) is 0. The van der Waals surface area contributed by atoms with Crippen LogP contribution in [0.3, 0.4) is 0 Å². The number of carbonyl (C=O) groups is 2. The second kappa shape index (κ2) is 8.96. The number of alkyl halides is 1. The molecule has 1 atom stereocenters. The van der Waals surface area contributed by atoms with Gasteiger partial charge < -0.3 is 14.8 Å². The van der Waals surface area contributed by atoms with Crippen LogP contribution in [0.1, 0.15) is 47.0 Å². The van der Waals surface area contributed by atoms with Gasteiger partial charge >= 0.3 is 11.9 Å². The maximum Gasteiger partial charge on any atom is 0.339 e. The third-order valence-electron chi connectivity index (χ3n) is 3.27. The van der Waals surface area contributed by atoms with Gasteiger partial charge in [-0.05, 0) is 59.1 Å². The highest BCUT2D eigenvalue weighted by Crippen LogP contribution is 2.24. The van der Waals surface area contributed by atoms with E-state index >= 15 is 0 Å². The lowest BCUT2D eigenvalue weighted by molar-refractivity contribution is -0.153. The SMILES string of the molecule is CC(C)OC(=O)C1=CNC(CCCCCl)(C(=O)OC(C)C)C=C1. The topological polar surface area (TPSA) is 64.6 Å². The van der Waals surface area contributed by atoms with Crippen molar-refractivity contribution in [2.45, 2.75) is 64.7 Å². The average Bonchev–Trinajstić information content (AvgIpc) is 2.46. The van der Waals surface area contributed by atoms with Crippen molar-refractivity contribution >= 4 is 23.5 Å². The minimum absolute atomic E-state index is 0.196. The van der Waals surface area contributed by atoms with E-state index in [0.717, 1.165) is 12.8 Å². The van der Waals surface area contributed by atoms with E-state index in [0.29, 0.717) is 17.9 Å². The zero-order valence-corrected chi connectivity index (χ0v) is 15.0. The molecule has 5 nitrogen and oxygen atoms in total. The van der Waals surface area contributed by atoms with Crippen molar-refractivity contribution in [1.29, 1.82) is 0 Å². The molecule has 23 heavy (non-hydrogen) atoms. The first-order valence-electron chi connectivity index (χ1n) is 7.96. The lowest BCUT2D eigenvalue weighted by Gasteiger charge is -2.32. The third kappa shape index (κ3) is 5.90. The molecule has 130 valence electrons. The maximum absolute atomic E-state index is 12.5. The summed E-state index contributed by atoms with van der Waals surface area (Å²) >= 11 is 5.71. The monoisotopic (exact) mass is 343 g/mol. The van der Waals surface area contributed by atoms with Gasteiger partial charge in [-0.25, -0.2) is 9.59 Å². The van der Waals surface area contributed by atoms with Crippen LogP contribution < -0.4 is 5.32 Å². The fourth-order valence-corrected chi connectivity index (χ4v) is 2.33. The fraction of sp³-hybridized carbons (Fsp3) is 0.647. The molecule has 0 bridgehead atoms. The average molecular weight is 344 g/mol. The molecule has 1 heterocycles. The quantitative estimate of drug-likeness (QED) is 0.417. The van der Waals surface area contributed by atoms with Crippen LogP contribution in [0.15, 0.2) is 23.9 Å². The van der Waals surface area contributed by atoms with Crippen LogP contribution in [-0.2, 0) is 19.1 Å². The number of halogens is 1. The third-order valence-corrected chi connectivity index (χ3v) is 3.54. The summed E-state index contributed by atoms with van der Waals surface area (Å²) in [6.07, 6.45) is 6.54. The first-order chi connectivity index (χ1) is 10.8.